The molecular formula is C12H16FNO. The number of nitrogens with one attached hydrogen (secondary N) is 1. The molecule has 82 valence electrons. The van der Waals surface area contributed by atoms with Crippen molar-refractivity contribution >= 4 is 0 Å². The molecule has 0 unspecified atom stereocenters. The van der Waals surface area contributed by atoms with Crippen LogP contribution in [0.4, 0.5) is 4.39 Å². The van der Waals surface area contributed by atoms with E-state index in [4.69, 9.17) is 4.74 Å². The fraction of sp³-hybridized carbons (Fsp3) is 0.500. The molecule has 1 heterocycles. The van der Waals surface area contributed by atoms with Gasteiger partial charge in [0, 0.05) is 6.54 Å². The average molecular weight is 209 g/mol. The van der Waals surface area contributed by atoms with Crippen LogP contribution in [0.1, 0.15) is 25.0 Å². The summed E-state index contributed by atoms with van der Waals surface area (Å²) in [6, 6.07) is 6.51. The van der Waals surface area contributed by atoms with Crippen molar-refractivity contribution in [3.8, 4) is 0 Å². The van der Waals surface area contributed by atoms with Crippen LogP contribution in [-0.2, 0) is 4.74 Å². The molecular weight excluding hydrogens is 193 g/mol. The number of rotatable bonds is 3. The van der Waals surface area contributed by atoms with Crippen LogP contribution in [-0.4, -0.2) is 19.2 Å². The molecule has 1 aliphatic rings. The minimum Gasteiger partial charge on any atom is -0.369 e. The lowest BCUT2D eigenvalue weighted by atomic mass is 10.1. The van der Waals surface area contributed by atoms with E-state index in [1.807, 2.05) is 6.92 Å². The highest BCUT2D eigenvalue weighted by molar-refractivity contribution is 5.18. The van der Waals surface area contributed by atoms with Crippen LogP contribution in [0.3, 0.4) is 0 Å². The van der Waals surface area contributed by atoms with Gasteiger partial charge < -0.3 is 10.1 Å². The van der Waals surface area contributed by atoms with Gasteiger partial charge in [0.25, 0.3) is 0 Å². The number of ether oxygens (including phenoxy) is 1. The summed E-state index contributed by atoms with van der Waals surface area (Å²) in [4.78, 5) is 0. The van der Waals surface area contributed by atoms with Gasteiger partial charge in [-0.15, -0.1) is 0 Å². The second-order valence-corrected chi connectivity index (χ2v) is 3.94. The molecule has 2 atom stereocenters. The molecule has 0 bridgehead atoms. The van der Waals surface area contributed by atoms with Gasteiger partial charge in [0.2, 0.25) is 0 Å². The zero-order valence-electron chi connectivity index (χ0n) is 8.87. The Bertz CT molecular complexity index is 306. The van der Waals surface area contributed by atoms with E-state index in [0.717, 1.165) is 25.1 Å². The molecule has 0 spiro atoms. The average Bonchev–Trinajstić information content (AvgIpc) is 2.71. The van der Waals surface area contributed by atoms with E-state index in [2.05, 4.69) is 5.32 Å². The maximum Gasteiger partial charge on any atom is 0.123 e. The fourth-order valence-electron chi connectivity index (χ4n) is 1.85. The second kappa shape index (κ2) is 4.73. The summed E-state index contributed by atoms with van der Waals surface area (Å²) in [5.41, 5.74) is 1.03. The van der Waals surface area contributed by atoms with Crippen molar-refractivity contribution in [1.82, 2.24) is 5.32 Å². The molecule has 0 aliphatic carbocycles. The third-order valence-electron chi connectivity index (χ3n) is 2.75. The molecule has 1 aromatic rings. The Labute approximate surface area is 89.4 Å². The van der Waals surface area contributed by atoms with E-state index in [9.17, 15) is 4.39 Å². The van der Waals surface area contributed by atoms with Gasteiger partial charge in [-0.1, -0.05) is 12.1 Å². The molecule has 1 N–H and O–H groups in total. The van der Waals surface area contributed by atoms with Crippen molar-refractivity contribution in [3.05, 3.63) is 35.6 Å². The second-order valence-electron chi connectivity index (χ2n) is 3.94. The third-order valence-corrected chi connectivity index (χ3v) is 2.75. The topological polar surface area (TPSA) is 21.3 Å². The molecule has 0 saturated carbocycles. The van der Waals surface area contributed by atoms with Crippen molar-refractivity contribution in [2.45, 2.75) is 25.6 Å². The van der Waals surface area contributed by atoms with Crippen LogP contribution >= 0.6 is 0 Å². The Kier molecular flexibility index (Phi) is 3.34. The van der Waals surface area contributed by atoms with Gasteiger partial charge in [0.05, 0.1) is 12.2 Å². The van der Waals surface area contributed by atoms with E-state index >= 15 is 0 Å². The number of benzene rings is 1. The molecule has 2 nitrogen and oxygen atoms in total. The lowest BCUT2D eigenvalue weighted by Crippen LogP contribution is -2.18. The molecule has 0 aromatic heterocycles. The largest absolute Gasteiger partial charge is 0.369 e. The van der Waals surface area contributed by atoms with Crippen molar-refractivity contribution in [2.75, 3.05) is 13.1 Å². The summed E-state index contributed by atoms with van der Waals surface area (Å²) < 4.78 is 18.6. The Morgan fingerprint density at radius 3 is 2.73 bits per heavy atom. The van der Waals surface area contributed by atoms with E-state index < -0.39 is 0 Å². The van der Waals surface area contributed by atoms with Crippen molar-refractivity contribution in [1.29, 1.82) is 0 Å². The van der Waals surface area contributed by atoms with Gasteiger partial charge in [0.15, 0.2) is 0 Å². The summed E-state index contributed by atoms with van der Waals surface area (Å²) in [5.74, 6) is -0.200. The number of hydrogen-bond donors (Lipinski definition) is 1. The smallest absolute Gasteiger partial charge is 0.123 e. The Hall–Kier alpha value is -0.930. The van der Waals surface area contributed by atoms with Gasteiger partial charge >= 0.3 is 0 Å². The molecule has 1 fully saturated rings. The van der Waals surface area contributed by atoms with Gasteiger partial charge in [-0.3, -0.25) is 0 Å². The first-order valence-corrected chi connectivity index (χ1v) is 5.37. The van der Waals surface area contributed by atoms with Crippen LogP contribution < -0.4 is 5.32 Å². The van der Waals surface area contributed by atoms with E-state index in [1.54, 1.807) is 12.1 Å². The normalized spacial score (nSPS) is 22.9. The van der Waals surface area contributed by atoms with Crippen LogP contribution in [0.25, 0.3) is 0 Å². The third kappa shape index (κ3) is 2.76. The quantitative estimate of drug-likeness (QED) is 0.824. The molecule has 0 amide bonds. The van der Waals surface area contributed by atoms with Gasteiger partial charge in [-0.05, 0) is 37.6 Å². The van der Waals surface area contributed by atoms with Crippen molar-refractivity contribution in [2.24, 2.45) is 0 Å². The molecule has 3 heteroatoms. The highest BCUT2D eigenvalue weighted by Gasteiger charge is 2.18. The maximum absolute atomic E-state index is 12.7. The van der Waals surface area contributed by atoms with Crippen LogP contribution in [0.2, 0.25) is 0 Å². The lowest BCUT2D eigenvalue weighted by molar-refractivity contribution is 0.00826. The number of halogens is 1. The standard InChI is InChI=1S/C12H16FNO/c1-9(15-12-6-7-14-8-12)10-2-4-11(13)5-3-10/h2-5,9,12,14H,6-8H2,1H3/t9-,12+/m1/s1. The van der Waals surface area contributed by atoms with Crippen molar-refractivity contribution in [3.63, 3.8) is 0 Å². The fourth-order valence-corrected chi connectivity index (χ4v) is 1.85. The molecule has 15 heavy (non-hydrogen) atoms. The van der Waals surface area contributed by atoms with E-state index in [0.29, 0.717) is 6.10 Å². The summed E-state index contributed by atoms with van der Waals surface area (Å²) >= 11 is 0. The minimum absolute atomic E-state index is 0.0375. The zero-order valence-corrected chi connectivity index (χ0v) is 8.87. The molecule has 1 saturated heterocycles. The van der Waals surface area contributed by atoms with Gasteiger partial charge in [-0.2, -0.15) is 0 Å². The number of hydrogen-bond acceptors (Lipinski definition) is 2. The van der Waals surface area contributed by atoms with E-state index in [-0.39, 0.29) is 11.9 Å². The Morgan fingerprint density at radius 1 is 1.40 bits per heavy atom. The highest BCUT2D eigenvalue weighted by Crippen LogP contribution is 2.20. The monoisotopic (exact) mass is 209 g/mol. The Balaban J connectivity index is 1.94. The molecule has 1 aromatic carbocycles. The summed E-state index contributed by atoms with van der Waals surface area (Å²) in [6.45, 7) is 3.96. The lowest BCUT2D eigenvalue weighted by Gasteiger charge is -2.18. The predicted octanol–water partition coefficient (Wildman–Crippen LogP) is 2.27. The minimum atomic E-state index is -0.200. The van der Waals surface area contributed by atoms with Crippen LogP contribution in [0.15, 0.2) is 24.3 Å². The Morgan fingerprint density at radius 2 is 2.13 bits per heavy atom. The first-order chi connectivity index (χ1) is 7.25. The SMILES string of the molecule is C[C@@H](O[C@H]1CCNC1)c1ccc(F)cc1. The van der Waals surface area contributed by atoms with E-state index in [1.165, 1.54) is 12.1 Å². The zero-order chi connectivity index (χ0) is 10.7. The molecule has 2 rings (SSSR count). The molecule has 0 radical (unpaired) electrons. The first kappa shape index (κ1) is 10.6. The first-order valence-electron chi connectivity index (χ1n) is 5.37. The molecule has 1 aliphatic heterocycles. The van der Waals surface area contributed by atoms with Gasteiger partial charge in [0.1, 0.15) is 5.82 Å². The van der Waals surface area contributed by atoms with Crippen LogP contribution in [0.5, 0.6) is 0 Å². The maximum atomic E-state index is 12.7. The summed E-state index contributed by atoms with van der Waals surface area (Å²) in [7, 11) is 0. The summed E-state index contributed by atoms with van der Waals surface area (Å²) in [6.07, 6.45) is 1.39. The van der Waals surface area contributed by atoms with Gasteiger partial charge in [-0.25, -0.2) is 4.39 Å². The summed E-state index contributed by atoms with van der Waals surface area (Å²) in [5, 5.41) is 3.25. The van der Waals surface area contributed by atoms with Crippen molar-refractivity contribution < 1.29 is 9.13 Å². The predicted molar refractivity (Wildman–Crippen MR) is 57.2 cm³/mol. The van der Waals surface area contributed by atoms with Crippen LogP contribution in [0, 0.1) is 5.82 Å². The highest BCUT2D eigenvalue weighted by atomic mass is 19.1.